The van der Waals surface area contributed by atoms with Crippen molar-refractivity contribution in [2.24, 2.45) is 0 Å². The van der Waals surface area contributed by atoms with Gasteiger partial charge in [0.1, 0.15) is 5.82 Å². The fourth-order valence-electron chi connectivity index (χ4n) is 4.17. The fraction of sp³-hybridized carbons (Fsp3) is 0.250. The number of nitrogens with zero attached hydrogens (tertiary/aromatic N) is 4. The average molecular weight is 433 g/mol. The van der Waals surface area contributed by atoms with Gasteiger partial charge in [-0.15, -0.1) is 0 Å². The second-order valence-electron chi connectivity index (χ2n) is 8.20. The normalized spacial score (nSPS) is 15.4. The van der Waals surface area contributed by atoms with E-state index in [1.807, 2.05) is 48.8 Å². The maximum Gasteiger partial charge on any atom is 0.132 e. The van der Waals surface area contributed by atoms with Crippen LogP contribution in [0.1, 0.15) is 18.9 Å². The predicted octanol–water partition coefficient (Wildman–Crippen LogP) is 5.11. The van der Waals surface area contributed by atoms with Gasteiger partial charge in [0.2, 0.25) is 0 Å². The minimum absolute atomic E-state index is 0.454. The monoisotopic (exact) mass is 432 g/mol. The number of pyridine rings is 1. The molecule has 0 saturated carbocycles. The van der Waals surface area contributed by atoms with Gasteiger partial charge >= 0.3 is 0 Å². The third kappa shape index (κ3) is 4.09. The number of rotatable bonds is 4. The highest BCUT2D eigenvalue weighted by Crippen LogP contribution is 2.32. The molecule has 5 rings (SSSR count). The Morgan fingerprint density at radius 2 is 1.81 bits per heavy atom. The summed E-state index contributed by atoms with van der Waals surface area (Å²) in [6.45, 7) is 2.21. The van der Waals surface area contributed by atoms with E-state index < -0.39 is 0 Å². The molecule has 31 heavy (non-hydrogen) atoms. The van der Waals surface area contributed by atoms with Gasteiger partial charge in [-0.3, -0.25) is 4.68 Å². The molecule has 3 N–H and O–H groups in total. The van der Waals surface area contributed by atoms with E-state index in [2.05, 4.69) is 44.0 Å². The van der Waals surface area contributed by atoms with Crippen LogP contribution in [-0.2, 0) is 0 Å². The highest BCUT2D eigenvalue weighted by atomic mass is 35.5. The van der Waals surface area contributed by atoms with Crippen LogP contribution in [0.2, 0.25) is 5.02 Å². The van der Waals surface area contributed by atoms with Gasteiger partial charge in [0, 0.05) is 45.5 Å². The second-order valence-corrected chi connectivity index (χ2v) is 8.63. The highest BCUT2D eigenvalue weighted by molar-refractivity contribution is 6.30. The molecule has 1 saturated heterocycles. The zero-order valence-corrected chi connectivity index (χ0v) is 18.2. The van der Waals surface area contributed by atoms with E-state index in [4.69, 9.17) is 17.3 Å². The molecule has 0 bridgehead atoms. The number of anilines is 1. The summed E-state index contributed by atoms with van der Waals surface area (Å²) in [6, 6.07) is 14.4. The van der Waals surface area contributed by atoms with Crippen LogP contribution in [0.3, 0.4) is 0 Å². The summed E-state index contributed by atoms with van der Waals surface area (Å²) in [7, 11) is 2.17. The lowest BCUT2D eigenvalue weighted by Gasteiger charge is -2.28. The second kappa shape index (κ2) is 8.21. The maximum atomic E-state index is 6.23. The highest BCUT2D eigenvalue weighted by Gasteiger charge is 2.19. The van der Waals surface area contributed by atoms with Gasteiger partial charge in [-0.1, -0.05) is 23.7 Å². The van der Waals surface area contributed by atoms with Crippen molar-refractivity contribution in [3.8, 4) is 33.6 Å². The van der Waals surface area contributed by atoms with E-state index in [9.17, 15) is 0 Å². The van der Waals surface area contributed by atoms with Crippen LogP contribution in [0.15, 0.2) is 61.1 Å². The van der Waals surface area contributed by atoms with Crippen molar-refractivity contribution < 1.29 is 0 Å². The van der Waals surface area contributed by atoms with Gasteiger partial charge in [0.25, 0.3) is 0 Å². The van der Waals surface area contributed by atoms with E-state index in [1.54, 1.807) is 0 Å². The minimum atomic E-state index is 0.454. The van der Waals surface area contributed by atoms with E-state index in [0.29, 0.717) is 16.9 Å². The average Bonchev–Trinajstić information content (AvgIpc) is 3.45. The van der Waals surface area contributed by atoms with E-state index in [0.717, 1.165) is 59.6 Å². The molecule has 1 aromatic carbocycles. The standard InChI is InChI=1S/C24H25ClN6/c1-30-9-7-20(8-10-30)31-15-18(14-28-31)17-12-21(24(26)27-13-17)23-6-5-22(29-23)16-3-2-4-19(25)11-16/h2-6,11-15,20,29H,7-10H2,1H3,(H2,26,27). The first-order valence-electron chi connectivity index (χ1n) is 10.5. The number of likely N-dealkylation sites (tertiary alicyclic amines) is 1. The van der Waals surface area contributed by atoms with Crippen molar-refractivity contribution in [2.75, 3.05) is 25.9 Å². The van der Waals surface area contributed by atoms with Crippen LogP contribution in [0.5, 0.6) is 0 Å². The maximum absolute atomic E-state index is 6.23. The number of aromatic amines is 1. The van der Waals surface area contributed by atoms with Gasteiger partial charge < -0.3 is 15.6 Å². The molecule has 158 valence electrons. The summed E-state index contributed by atoms with van der Waals surface area (Å²) in [5.41, 5.74) is 12.1. The van der Waals surface area contributed by atoms with Gasteiger partial charge in [-0.2, -0.15) is 5.10 Å². The Bertz CT molecular complexity index is 1200. The number of benzene rings is 1. The lowest BCUT2D eigenvalue weighted by molar-refractivity contribution is 0.212. The van der Waals surface area contributed by atoms with Gasteiger partial charge in [-0.05, 0) is 68.9 Å². The number of aromatic nitrogens is 4. The van der Waals surface area contributed by atoms with Crippen LogP contribution in [0.4, 0.5) is 5.82 Å². The molecule has 4 aromatic rings. The summed E-state index contributed by atoms with van der Waals surface area (Å²) in [4.78, 5) is 10.3. The summed E-state index contributed by atoms with van der Waals surface area (Å²) in [5, 5.41) is 5.34. The molecule has 4 heterocycles. The largest absolute Gasteiger partial charge is 0.383 e. The van der Waals surface area contributed by atoms with Crippen molar-refractivity contribution in [3.63, 3.8) is 0 Å². The Labute approximate surface area is 186 Å². The molecule has 1 aliphatic heterocycles. The van der Waals surface area contributed by atoms with Crippen LogP contribution in [0.25, 0.3) is 33.6 Å². The number of nitrogen functional groups attached to an aromatic ring is 1. The summed E-state index contributed by atoms with van der Waals surface area (Å²) in [6.07, 6.45) is 8.10. The zero-order chi connectivity index (χ0) is 21.4. The van der Waals surface area contributed by atoms with Crippen molar-refractivity contribution in [3.05, 3.63) is 66.1 Å². The summed E-state index contributed by atoms with van der Waals surface area (Å²) in [5.74, 6) is 0.492. The van der Waals surface area contributed by atoms with E-state index in [-0.39, 0.29) is 0 Å². The smallest absolute Gasteiger partial charge is 0.132 e. The Morgan fingerprint density at radius 1 is 1.00 bits per heavy atom. The molecular weight excluding hydrogens is 408 g/mol. The van der Waals surface area contributed by atoms with Gasteiger partial charge in [-0.25, -0.2) is 4.98 Å². The van der Waals surface area contributed by atoms with Gasteiger partial charge in [0.15, 0.2) is 0 Å². The molecule has 0 aliphatic carbocycles. The number of H-pyrrole nitrogens is 1. The molecule has 0 amide bonds. The molecule has 0 unspecified atom stereocenters. The molecular formula is C24H25ClN6. The number of hydrogen-bond acceptors (Lipinski definition) is 4. The van der Waals surface area contributed by atoms with Crippen LogP contribution in [0, 0.1) is 0 Å². The summed E-state index contributed by atoms with van der Waals surface area (Å²) >= 11 is 6.14. The SMILES string of the molecule is CN1CCC(n2cc(-c3cnc(N)c(-c4ccc(-c5cccc(Cl)c5)[nH]4)c3)cn2)CC1. The fourth-order valence-corrected chi connectivity index (χ4v) is 4.36. The third-order valence-corrected chi connectivity index (χ3v) is 6.26. The first kappa shape index (κ1) is 19.8. The van der Waals surface area contributed by atoms with Crippen molar-refractivity contribution >= 4 is 17.4 Å². The number of nitrogens with two attached hydrogens (primary N) is 1. The quantitative estimate of drug-likeness (QED) is 0.469. The van der Waals surface area contributed by atoms with Crippen LogP contribution in [-0.4, -0.2) is 44.8 Å². The Balaban J connectivity index is 1.43. The number of nitrogens with one attached hydrogen (secondary N) is 1. The van der Waals surface area contributed by atoms with Crippen molar-refractivity contribution in [1.29, 1.82) is 0 Å². The zero-order valence-electron chi connectivity index (χ0n) is 17.4. The Hall–Kier alpha value is -3.09. The first-order valence-corrected chi connectivity index (χ1v) is 10.9. The number of halogens is 1. The van der Waals surface area contributed by atoms with Crippen molar-refractivity contribution in [1.82, 2.24) is 24.6 Å². The molecule has 0 radical (unpaired) electrons. The minimum Gasteiger partial charge on any atom is -0.383 e. The molecule has 1 fully saturated rings. The molecule has 0 spiro atoms. The molecule has 1 aliphatic rings. The van der Waals surface area contributed by atoms with Crippen molar-refractivity contribution in [2.45, 2.75) is 18.9 Å². The number of hydrogen-bond donors (Lipinski definition) is 2. The Morgan fingerprint density at radius 3 is 2.61 bits per heavy atom. The molecule has 0 atom stereocenters. The lowest BCUT2D eigenvalue weighted by Crippen LogP contribution is -2.31. The Kier molecular flexibility index (Phi) is 5.26. The number of piperidine rings is 1. The van der Waals surface area contributed by atoms with Gasteiger partial charge in [0.05, 0.1) is 12.2 Å². The molecule has 7 heteroatoms. The molecule has 3 aromatic heterocycles. The van der Waals surface area contributed by atoms with E-state index >= 15 is 0 Å². The first-order chi connectivity index (χ1) is 15.1. The van der Waals surface area contributed by atoms with E-state index in [1.165, 1.54) is 0 Å². The lowest BCUT2D eigenvalue weighted by atomic mass is 10.1. The predicted molar refractivity (Wildman–Crippen MR) is 126 cm³/mol. The van der Waals surface area contributed by atoms with Crippen LogP contribution < -0.4 is 5.73 Å². The third-order valence-electron chi connectivity index (χ3n) is 6.03. The van der Waals surface area contributed by atoms with Crippen LogP contribution >= 0.6 is 11.6 Å². The summed E-state index contributed by atoms with van der Waals surface area (Å²) < 4.78 is 2.10. The molecule has 6 nitrogen and oxygen atoms in total. The topological polar surface area (TPSA) is 75.8 Å².